The number of benzene rings is 2. The Kier molecular flexibility index (Phi) is 5.93. The van der Waals surface area contributed by atoms with Gasteiger partial charge in [0.1, 0.15) is 0 Å². The number of amides is 2. The van der Waals surface area contributed by atoms with Gasteiger partial charge in [-0.3, -0.25) is 13.9 Å². The maximum Gasteiger partial charge on any atom is 0.264 e. The number of hydrogen-bond acceptors (Lipinski definition) is 4. The second kappa shape index (κ2) is 8.24. The molecule has 1 fully saturated rings. The maximum absolute atomic E-state index is 12.8. The number of nitrogens with zero attached hydrogens (tertiary/aromatic N) is 2. The molecule has 154 valence electrons. The highest BCUT2D eigenvalue weighted by Gasteiger charge is 2.28. The number of sulfonamides is 1. The van der Waals surface area contributed by atoms with Crippen LogP contribution in [0.5, 0.6) is 0 Å². The number of primary amides is 1. The predicted octanol–water partition coefficient (Wildman–Crippen LogP) is 2.16. The number of carbonyl (C=O) groups excluding carboxylic acids is 2. The lowest BCUT2D eigenvalue weighted by Gasteiger charge is -2.31. The molecule has 29 heavy (non-hydrogen) atoms. The zero-order valence-corrected chi connectivity index (χ0v) is 17.4. The molecule has 0 radical (unpaired) electrons. The number of rotatable bonds is 5. The van der Waals surface area contributed by atoms with E-state index in [0.717, 1.165) is 12.0 Å². The molecule has 1 heterocycles. The molecule has 0 unspecified atom stereocenters. The summed E-state index contributed by atoms with van der Waals surface area (Å²) in [5, 5.41) is 0. The van der Waals surface area contributed by atoms with Gasteiger partial charge in [0.15, 0.2) is 0 Å². The fraction of sp³-hybridized carbons (Fsp3) is 0.333. The number of likely N-dealkylation sites (tertiary alicyclic amines) is 1. The molecular formula is C21H25N3O4S. The van der Waals surface area contributed by atoms with Crippen LogP contribution in [-0.4, -0.2) is 45.3 Å². The molecular weight excluding hydrogens is 390 g/mol. The van der Waals surface area contributed by atoms with Crippen LogP contribution < -0.4 is 10.0 Å². The summed E-state index contributed by atoms with van der Waals surface area (Å²) >= 11 is 0. The SMILES string of the molecule is Cc1ccc(S(=O)(=O)N(C)c2ccc(C(=O)N3CCC[C@H](C(N)=O)C3)cc2)cc1. The highest BCUT2D eigenvalue weighted by molar-refractivity contribution is 7.92. The van der Waals surface area contributed by atoms with Crippen LogP contribution in [0.1, 0.15) is 28.8 Å². The van der Waals surface area contributed by atoms with E-state index in [9.17, 15) is 18.0 Å². The van der Waals surface area contributed by atoms with Crippen molar-refractivity contribution in [3.8, 4) is 0 Å². The monoisotopic (exact) mass is 415 g/mol. The smallest absolute Gasteiger partial charge is 0.264 e. The minimum atomic E-state index is -3.69. The first-order valence-corrected chi connectivity index (χ1v) is 10.9. The summed E-state index contributed by atoms with van der Waals surface area (Å²) in [4.78, 5) is 26.0. The largest absolute Gasteiger partial charge is 0.369 e. The number of aryl methyl sites for hydroxylation is 1. The van der Waals surface area contributed by atoms with Crippen molar-refractivity contribution in [3.05, 3.63) is 59.7 Å². The molecule has 1 saturated heterocycles. The Morgan fingerprint density at radius 2 is 1.69 bits per heavy atom. The average Bonchev–Trinajstić information content (AvgIpc) is 2.73. The van der Waals surface area contributed by atoms with Crippen molar-refractivity contribution in [2.45, 2.75) is 24.7 Å². The van der Waals surface area contributed by atoms with Crippen LogP contribution in [0, 0.1) is 12.8 Å². The van der Waals surface area contributed by atoms with Gasteiger partial charge in [0, 0.05) is 25.7 Å². The molecule has 0 aromatic heterocycles. The van der Waals surface area contributed by atoms with Gasteiger partial charge < -0.3 is 10.6 Å². The van der Waals surface area contributed by atoms with Gasteiger partial charge in [-0.1, -0.05) is 17.7 Å². The Bertz CT molecular complexity index is 1000. The molecule has 0 saturated carbocycles. The summed E-state index contributed by atoms with van der Waals surface area (Å²) in [7, 11) is -2.21. The molecule has 3 rings (SSSR count). The third kappa shape index (κ3) is 4.42. The third-order valence-electron chi connectivity index (χ3n) is 5.27. The normalized spacial score (nSPS) is 17.0. The molecule has 2 N–H and O–H groups in total. The number of carbonyl (C=O) groups is 2. The Hall–Kier alpha value is -2.87. The van der Waals surface area contributed by atoms with Crippen molar-refractivity contribution in [3.63, 3.8) is 0 Å². The summed E-state index contributed by atoms with van der Waals surface area (Å²) < 4.78 is 26.8. The second-order valence-corrected chi connectivity index (χ2v) is 9.29. The summed E-state index contributed by atoms with van der Waals surface area (Å²) in [6.45, 7) is 2.79. The average molecular weight is 416 g/mol. The van der Waals surface area contributed by atoms with Crippen molar-refractivity contribution in [1.82, 2.24) is 4.90 Å². The van der Waals surface area contributed by atoms with Crippen LogP contribution in [-0.2, 0) is 14.8 Å². The van der Waals surface area contributed by atoms with Crippen LogP contribution in [0.3, 0.4) is 0 Å². The van der Waals surface area contributed by atoms with Crippen molar-refractivity contribution >= 4 is 27.5 Å². The first-order valence-electron chi connectivity index (χ1n) is 9.44. The van der Waals surface area contributed by atoms with Gasteiger partial charge in [-0.05, 0) is 56.2 Å². The fourth-order valence-electron chi connectivity index (χ4n) is 3.40. The topological polar surface area (TPSA) is 101 Å². The number of anilines is 1. The molecule has 7 nitrogen and oxygen atoms in total. The fourth-order valence-corrected chi connectivity index (χ4v) is 4.59. The van der Waals surface area contributed by atoms with Gasteiger partial charge >= 0.3 is 0 Å². The van der Waals surface area contributed by atoms with Gasteiger partial charge in [0.25, 0.3) is 15.9 Å². The van der Waals surface area contributed by atoms with E-state index in [1.165, 1.54) is 11.4 Å². The minimum absolute atomic E-state index is 0.188. The lowest BCUT2D eigenvalue weighted by molar-refractivity contribution is -0.123. The maximum atomic E-state index is 12.8. The summed E-state index contributed by atoms with van der Waals surface area (Å²) in [5.41, 5.74) is 7.26. The van der Waals surface area contributed by atoms with E-state index in [0.29, 0.717) is 30.8 Å². The molecule has 2 aromatic carbocycles. The minimum Gasteiger partial charge on any atom is -0.369 e. The molecule has 0 bridgehead atoms. The van der Waals surface area contributed by atoms with Crippen LogP contribution in [0.25, 0.3) is 0 Å². The van der Waals surface area contributed by atoms with E-state index < -0.39 is 10.0 Å². The summed E-state index contributed by atoms with van der Waals surface area (Å²) in [6.07, 6.45) is 1.43. The van der Waals surface area contributed by atoms with Gasteiger partial charge in [0.2, 0.25) is 5.91 Å². The molecule has 1 aliphatic heterocycles. The molecule has 1 aliphatic rings. The Morgan fingerprint density at radius 1 is 1.07 bits per heavy atom. The van der Waals surface area contributed by atoms with Gasteiger partial charge in [-0.15, -0.1) is 0 Å². The van der Waals surface area contributed by atoms with Crippen molar-refractivity contribution < 1.29 is 18.0 Å². The number of nitrogens with two attached hydrogens (primary N) is 1. The van der Waals surface area contributed by atoms with Crippen LogP contribution >= 0.6 is 0 Å². The summed E-state index contributed by atoms with van der Waals surface area (Å²) in [6, 6.07) is 13.1. The first-order chi connectivity index (χ1) is 13.7. The number of hydrogen-bond donors (Lipinski definition) is 1. The predicted molar refractivity (Wildman–Crippen MR) is 111 cm³/mol. The van der Waals surface area contributed by atoms with Crippen LogP contribution in [0.2, 0.25) is 0 Å². The molecule has 8 heteroatoms. The van der Waals surface area contributed by atoms with Crippen LogP contribution in [0.15, 0.2) is 53.4 Å². The van der Waals surface area contributed by atoms with Gasteiger partial charge in [-0.2, -0.15) is 0 Å². The zero-order chi connectivity index (χ0) is 21.2. The highest BCUT2D eigenvalue weighted by Crippen LogP contribution is 2.24. The lowest BCUT2D eigenvalue weighted by Crippen LogP contribution is -2.44. The standard InChI is InChI=1S/C21H25N3O4S/c1-15-5-11-19(12-6-15)29(27,28)23(2)18-9-7-16(8-10-18)21(26)24-13-3-4-17(14-24)20(22)25/h5-12,17H,3-4,13-14H2,1-2H3,(H2,22,25)/t17-/m0/s1. The van der Waals surface area contributed by atoms with E-state index >= 15 is 0 Å². The molecule has 0 spiro atoms. The van der Waals surface area contributed by atoms with E-state index in [1.54, 1.807) is 53.4 Å². The van der Waals surface area contributed by atoms with Gasteiger partial charge in [0.05, 0.1) is 16.5 Å². The van der Waals surface area contributed by atoms with E-state index in [2.05, 4.69) is 0 Å². The Morgan fingerprint density at radius 3 is 2.28 bits per heavy atom. The van der Waals surface area contributed by atoms with E-state index in [-0.39, 0.29) is 22.6 Å². The van der Waals surface area contributed by atoms with Crippen molar-refractivity contribution in [1.29, 1.82) is 0 Å². The zero-order valence-electron chi connectivity index (χ0n) is 16.5. The molecule has 2 aromatic rings. The van der Waals surface area contributed by atoms with E-state index in [1.807, 2.05) is 6.92 Å². The Balaban J connectivity index is 1.76. The molecule has 2 amide bonds. The van der Waals surface area contributed by atoms with E-state index in [4.69, 9.17) is 5.73 Å². The summed E-state index contributed by atoms with van der Waals surface area (Å²) in [5.74, 6) is -0.898. The second-order valence-electron chi connectivity index (χ2n) is 7.33. The number of piperidine rings is 1. The Labute approximate surface area is 171 Å². The quantitative estimate of drug-likeness (QED) is 0.809. The molecule has 1 atom stereocenters. The van der Waals surface area contributed by atoms with Crippen molar-refractivity contribution in [2.24, 2.45) is 11.7 Å². The molecule has 0 aliphatic carbocycles. The van der Waals surface area contributed by atoms with Crippen molar-refractivity contribution in [2.75, 3.05) is 24.4 Å². The van der Waals surface area contributed by atoms with Crippen LogP contribution in [0.4, 0.5) is 5.69 Å². The first kappa shape index (κ1) is 20.9. The third-order valence-corrected chi connectivity index (χ3v) is 7.07. The lowest BCUT2D eigenvalue weighted by atomic mass is 9.97. The van der Waals surface area contributed by atoms with Gasteiger partial charge in [-0.25, -0.2) is 8.42 Å². The highest BCUT2D eigenvalue weighted by atomic mass is 32.2.